The number of hydrogen-bond donors (Lipinski definition) is 1. The molecule has 2 N–H and O–H groups in total. The smallest absolute Gasteiger partial charge is 0.164 e. The summed E-state index contributed by atoms with van der Waals surface area (Å²) >= 11 is 0. The molecule has 1 saturated carbocycles. The highest BCUT2D eigenvalue weighted by molar-refractivity contribution is 5.99. The van der Waals surface area contributed by atoms with Crippen LogP contribution in [0.5, 0.6) is 0 Å². The van der Waals surface area contributed by atoms with E-state index in [1.54, 1.807) is 6.20 Å². The molecular weight excluding hydrogens is 236 g/mol. The van der Waals surface area contributed by atoms with E-state index in [9.17, 15) is 4.79 Å². The quantitative estimate of drug-likeness (QED) is 0.856. The van der Waals surface area contributed by atoms with Gasteiger partial charge in [0, 0.05) is 29.1 Å². The Balaban J connectivity index is 1.85. The van der Waals surface area contributed by atoms with E-state index in [0.29, 0.717) is 6.42 Å². The molecule has 1 heterocycles. The van der Waals surface area contributed by atoms with Gasteiger partial charge in [0.25, 0.3) is 0 Å². The maximum atomic E-state index is 12.3. The number of carbonyl (C=O) groups is 1. The second-order valence-corrected chi connectivity index (χ2v) is 5.58. The number of fused-ring (bicyclic) bond motifs is 1. The van der Waals surface area contributed by atoms with Crippen LogP contribution in [-0.4, -0.2) is 16.3 Å². The van der Waals surface area contributed by atoms with Gasteiger partial charge in [0.15, 0.2) is 5.78 Å². The van der Waals surface area contributed by atoms with Crippen LogP contribution in [0.4, 0.5) is 0 Å². The van der Waals surface area contributed by atoms with E-state index >= 15 is 0 Å². The maximum Gasteiger partial charge on any atom is 0.164 e. The fourth-order valence-corrected chi connectivity index (χ4v) is 2.93. The van der Waals surface area contributed by atoms with Gasteiger partial charge in [-0.05, 0) is 37.1 Å². The molecule has 1 aliphatic rings. The van der Waals surface area contributed by atoms with Gasteiger partial charge < -0.3 is 5.73 Å². The average molecular weight is 254 g/mol. The zero-order valence-electron chi connectivity index (χ0n) is 10.9. The van der Waals surface area contributed by atoms with Crippen molar-refractivity contribution < 1.29 is 4.79 Å². The lowest BCUT2D eigenvalue weighted by molar-refractivity contribution is 0.0952. The summed E-state index contributed by atoms with van der Waals surface area (Å²) < 4.78 is 0. The summed E-state index contributed by atoms with van der Waals surface area (Å²) in [6, 6.07) is 9.55. The summed E-state index contributed by atoms with van der Waals surface area (Å²) in [6.45, 7) is 0. The molecule has 0 aliphatic heterocycles. The molecule has 1 aliphatic carbocycles. The van der Waals surface area contributed by atoms with Crippen LogP contribution in [-0.2, 0) is 0 Å². The highest BCUT2D eigenvalue weighted by atomic mass is 16.1. The van der Waals surface area contributed by atoms with Gasteiger partial charge in [0.05, 0.1) is 5.52 Å². The Hall–Kier alpha value is -1.74. The van der Waals surface area contributed by atoms with Gasteiger partial charge in [0.1, 0.15) is 0 Å². The zero-order chi connectivity index (χ0) is 13.3. The average Bonchev–Trinajstić information content (AvgIpc) is 2.84. The molecule has 0 radical (unpaired) electrons. The Morgan fingerprint density at radius 1 is 1.26 bits per heavy atom. The van der Waals surface area contributed by atoms with E-state index in [1.165, 1.54) is 0 Å². The molecule has 3 heteroatoms. The molecule has 1 aromatic carbocycles. The SMILES string of the molecule is NC1(CC(=O)c2ccc3ncccc3c2)CCCC1. The van der Waals surface area contributed by atoms with Crippen molar-refractivity contribution in [3.63, 3.8) is 0 Å². The van der Waals surface area contributed by atoms with E-state index in [2.05, 4.69) is 4.98 Å². The third-order valence-corrected chi connectivity index (χ3v) is 4.04. The predicted molar refractivity (Wildman–Crippen MR) is 76.1 cm³/mol. The van der Waals surface area contributed by atoms with Crippen molar-refractivity contribution >= 4 is 16.7 Å². The third kappa shape index (κ3) is 2.51. The van der Waals surface area contributed by atoms with Crippen molar-refractivity contribution in [1.29, 1.82) is 0 Å². The fourth-order valence-electron chi connectivity index (χ4n) is 2.93. The monoisotopic (exact) mass is 254 g/mol. The number of hydrogen-bond acceptors (Lipinski definition) is 3. The number of Topliss-reactive ketones (excluding diaryl/α,β-unsaturated/α-hetero) is 1. The minimum atomic E-state index is -0.277. The lowest BCUT2D eigenvalue weighted by Crippen LogP contribution is -2.38. The highest BCUT2D eigenvalue weighted by Gasteiger charge is 2.31. The summed E-state index contributed by atoms with van der Waals surface area (Å²) in [7, 11) is 0. The van der Waals surface area contributed by atoms with E-state index in [1.807, 2.05) is 30.3 Å². The minimum absolute atomic E-state index is 0.148. The summed E-state index contributed by atoms with van der Waals surface area (Å²) in [5.41, 5.74) is 7.67. The fraction of sp³-hybridized carbons (Fsp3) is 0.375. The molecule has 1 aromatic heterocycles. The number of rotatable bonds is 3. The Labute approximate surface area is 112 Å². The summed E-state index contributed by atoms with van der Waals surface area (Å²) in [5, 5.41) is 1.01. The van der Waals surface area contributed by atoms with Crippen molar-refractivity contribution in [1.82, 2.24) is 4.98 Å². The van der Waals surface area contributed by atoms with Crippen LogP contribution in [0.25, 0.3) is 10.9 Å². The second kappa shape index (κ2) is 4.74. The van der Waals surface area contributed by atoms with Crippen molar-refractivity contribution in [2.75, 3.05) is 0 Å². The van der Waals surface area contributed by atoms with Gasteiger partial charge in [-0.2, -0.15) is 0 Å². The van der Waals surface area contributed by atoms with Gasteiger partial charge in [-0.1, -0.05) is 18.9 Å². The standard InChI is InChI=1S/C16H18N2O/c17-16(7-1-2-8-16)11-15(19)13-5-6-14-12(10-13)4-3-9-18-14/h3-6,9-10H,1-2,7-8,11,17H2. The van der Waals surface area contributed by atoms with Gasteiger partial charge in [-0.25, -0.2) is 0 Å². The molecule has 3 rings (SSSR count). The number of pyridine rings is 1. The van der Waals surface area contributed by atoms with E-state index < -0.39 is 0 Å². The molecule has 0 saturated heterocycles. The minimum Gasteiger partial charge on any atom is -0.325 e. The molecule has 0 spiro atoms. The summed E-state index contributed by atoms with van der Waals surface area (Å²) in [5.74, 6) is 0.148. The number of aromatic nitrogens is 1. The molecule has 0 atom stereocenters. The molecule has 2 aromatic rings. The van der Waals surface area contributed by atoms with Crippen LogP contribution < -0.4 is 5.73 Å². The van der Waals surface area contributed by atoms with Crippen LogP contribution in [0.2, 0.25) is 0 Å². The normalized spacial score (nSPS) is 17.7. The maximum absolute atomic E-state index is 12.3. The first-order valence-corrected chi connectivity index (χ1v) is 6.83. The molecule has 0 amide bonds. The number of nitrogens with zero attached hydrogens (tertiary/aromatic N) is 1. The molecule has 3 nitrogen and oxygen atoms in total. The molecule has 1 fully saturated rings. The first-order valence-electron chi connectivity index (χ1n) is 6.83. The van der Waals surface area contributed by atoms with Crippen LogP contribution in [0.3, 0.4) is 0 Å². The highest BCUT2D eigenvalue weighted by Crippen LogP contribution is 2.31. The number of nitrogens with two attached hydrogens (primary N) is 1. The molecular formula is C16H18N2O. The largest absolute Gasteiger partial charge is 0.325 e. The molecule has 0 bridgehead atoms. The predicted octanol–water partition coefficient (Wildman–Crippen LogP) is 3.08. The molecule has 98 valence electrons. The second-order valence-electron chi connectivity index (χ2n) is 5.58. The van der Waals surface area contributed by atoms with Crippen molar-refractivity contribution in [3.8, 4) is 0 Å². The van der Waals surface area contributed by atoms with E-state index in [4.69, 9.17) is 5.73 Å². The van der Waals surface area contributed by atoms with Crippen molar-refractivity contribution in [2.45, 2.75) is 37.6 Å². The lowest BCUT2D eigenvalue weighted by atomic mass is 9.89. The summed E-state index contributed by atoms with van der Waals surface area (Å²) in [6.07, 6.45) is 6.44. The van der Waals surface area contributed by atoms with Crippen LogP contribution in [0.15, 0.2) is 36.5 Å². The van der Waals surface area contributed by atoms with Crippen molar-refractivity contribution in [2.24, 2.45) is 5.73 Å². The van der Waals surface area contributed by atoms with Gasteiger partial charge in [-0.15, -0.1) is 0 Å². The van der Waals surface area contributed by atoms with Crippen LogP contribution in [0.1, 0.15) is 42.5 Å². The Kier molecular flexibility index (Phi) is 3.07. The van der Waals surface area contributed by atoms with Gasteiger partial charge in [-0.3, -0.25) is 9.78 Å². The topological polar surface area (TPSA) is 56.0 Å². The number of ketones is 1. The van der Waals surface area contributed by atoms with E-state index in [-0.39, 0.29) is 11.3 Å². The third-order valence-electron chi connectivity index (χ3n) is 4.04. The molecule has 19 heavy (non-hydrogen) atoms. The summed E-state index contributed by atoms with van der Waals surface area (Å²) in [4.78, 5) is 16.6. The first kappa shape index (κ1) is 12.3. The zero-order valence-corrected chi connectivity index (χ0v) is 10.9. The molecule has 0 unspecified atom stereocenters. The Bertz CT molecular complexity index is 615. The van der Waals surface area contributed by atoms with Gasteiger partial charge in [0.2, 0.25) is 0 Å². The lowest BCUT2D eigenvalue weighted by Gasteiger charge is -2.22. The first-order chi connectivity index (χ1) is 9.16. The van der Waals surface area contributed by atoms with E-state index in [0.717, 1.165) is 42.1 Å². The Morgan fingerprint density at radius 2 is 2.05 bits per heavy atom. The Morgan fingerprint density at radius 3 is 2.84 bits per heavy atom. The number of benzene rings is 1. The van der Waals surface area contributed by atoms with Gasteiger partial charge >= 0.3 is 0 Å². The van der Waals surface area contributed by atoms with Crippen molar-refractivity contribution in [3.05, 3.63) is 42.1 Å². The number of carbonyl (C=O) groups excluding carboxylic acids is 1. The van der Waals surface area contributed by atoms with Crippen LogP contribution in [0, 0.1) is 0 Å². The van der Waals surface area contributed by atoms with Crippen LogP contribution >= 0.6 is 0 Å².